The van der Waals surface area contributed by atoms with E-state index in [1.165, 1.54) is 12.1 Å². The lowest BCUT2D eigenvalue weighted by Gasteiger charge is -2.34. The summed E-state index contributed by atoms with van der Waals surface area (Å²) >= 11 is 5.81. The second-order valence-electron chi connectivity index (χ2n) is 6.36. The molecule has 0 aromatic heterocycles. The van der Waals surface area contributed by atoms with Crippen LogP contribution < -0.4 is 0 Å². The topological polar surface area (TPSA) is 66.8 Å². The van der Waals surface area contributed by atoms with Crippen molar-refractivity contribution in [2.45, 2.75) is 25.4 Å². The van der Waals surface area contributed by atoms with Crippen molar-refractivity contribution in [3.63, 3.8) is 0 Å². The van der Waals surface area contributed by atoms with Crippen molar-refractivity contribution in [3.05, 3.63) is 34.6 Å². The molecule has 2 fully saturated rings. The van der Waals surface area contributed by atoms with Crippen molar-refractivity contribution in [3.8, 4) is 0 Å². The van der Waals surface area contributed by atoms with Crippen molar-refractivity contribution in [1.82, 2.24) is 4.90 Å². The first-order valence-electron chi connectivity index (χ1n) is 8.04. The van der Waals surface area contributed by atoms with Crippen molar-refractivity contribution in [1.29, 1.82) is 0 Å². The van der Waals surface area contributed by atoms with E-state index in [0.717, 1.165) is 5.56 Å². The van der Waals surface area contributed by atoms with E-state index in [-0.39, 0.29) is 23.0 Å². The molecule has 5 nitrogen and oxygen atoms in total. The number of carbonyl (C=O) groups excluding carboxylic acids is 1. The van der Waals surface area contributed by atoms with Crippen molar-refractivity contribution < 1.29 is 23.8 Å². The molecule has 1 amide bonds. The zero-order valence-corrected chi connectivity index (χ0v) is 13.8. The maximum absolute atomic E-state index is 13.3. The molecule has 1 heterocycles. The van der Waals surface area contributed by atoms with Crippen LogP contribution in [-0.2, 0) is 14.3 Å². The Morgan fingerprint density at radius 2 is 2.04 bits per heavy atom. The summed E-state index contributed by atoms with van der Waals surface area (Å²) in [6, 6.07) is 4.41. The largest absolute Gasteiger partial charge is 0.481 e. The molecule has 1 aromatic carbocycles. The Bertz CT molecular complexity index is 653. The SMILES string of the molecule is O=C(O)[C@@H]1CC[C@H](C(=O)N2CCOC(c3ccc(F)c(Cl)c3)C2)C1. The molecule has 0 spiro atoms. The molecule has 3 atom stereocenters. The Morgan fingerprint density at radius 1 is 1.29 bits per heavy atom. The molecule has 1 unspecified atom stereocenters. The lowest BCUT2D eigenvalue weighted by atomic mass is 10.0. The third kappa shape index (κ3) is 3.54. The third-order valence-corrected chi connectivity index (χ3v) is 5.11. The first-order chi connectivity index (χ1) is 11.5. The van der Waals surface area contributed by atoms with Crippen LogP contribution in [0.5, 0.6) is 0 Å². The van der Waals surface area contributed by atoms with Crippen LogP contribution in [0.4, 0.5) is 4.39 Å². The van der Waals surface area contributed by atoms with Crippen LogP contribution in [0.1, 0.15) is 30.9 Å². The van der Waals surface area contributed by atoms with Crippen LogP contribution in [0, 0.1) is 17.7 Å². The number of nitrogens with zero attached hydrogens (tertiary/aromatic N) is 1. The van der Waals surface area contributed by atoms with E-state index in [0.29, 0.717) is 39.0 Å². The summed E-state index contributed by atoms with van der Waals surface area (Å²) in [6.07, 6.45) is 1.21. The molecule has 1 saturated heterocycles. The summed E-state index contributed by atoms with van der Waals surface area (Å²) in [4.78, 5) is 25.4. The van der Waals surface area contributed by atoms with Gasteiger partial charge in [0.05, 0.1) is 24.1 Å². The lowest BCUT2D eigenvalue weighted by molar-refractivity contribution is -0.144. The predicted octanol–water partition coefficient (Wildman–Crippen LogP) is 2.88. The van der Waals surface area contributed by atoms with Crippen molar-refractivity contribution in [2.24, 2.45) is 11.8 Å². The average molecular weight is 356 g/mol. The number of ether oxygens (including phenoxy) is 1. The quantitative estimate of drug-likeness (QED) is 0.905. The van der Waals surface area contributed by atoms with Gasteiger partial charge in [0.15, 0.2) is 0 Å². The van der Waals surface area contributed by atoms with Crippen molar-refractivity contribution >= 4 is 23.5 Å². The van der Waals surface area contributed by atoms with Crippen LogP contribution in [0.3, 0.4) is 0 Å². The van der Waals surface area contributed by atoms with E-state index in [2.05, 4.69) is 0 Å². The number of carboxylic acid groups (broad SMARTS) is 1. The number of benzene rings is 1. The number of carbonyl (C=O) groups is 2. The number of rotatable bonds is 3. The molecule has 7 heteroatoms. The number of hydrogen-bond donors (Lipinski definition) is 1. The van der Waals surface area contributed by atoms with E-state index < -0.39 is 17.7 Å². The first-order valence-corrected chi connectivity index (χ1v) is 8.41. The van der Waals surface area contributed by atoms with Gasteiger partial charge in [-0.05, 0) is 37.0 Å². The van der Waals surface area contributed by atoms with Gasteiger partial charge in [0.2, 0.25) is 5.91 Å². The van der Waals surface area contributed by atoms with E-state index >= 15 is 0 Å². The summed E-state index contributed by atoms with van der Waals surface area (Å²) in [5.41, 5.74) is 0.730. The van der Waals surface area contributed by atoms with E-state index in [1.54, 1.807) is 11.0 Å². The van der Waals surface area contributed by atoms with Gasteiger partial charge < -0.3 is 14.7 Å². The highest BCUT2D eigenvalue weighted by Crippen LogP contribution is 2.34. The standard InChI is InChI=1S/C17H19ClFNO4/c18-13-8-10(3-4-14(13)19)15-9-20(5-6-24-15)16(21)11-1-2-12(7-11)17(22)23/h3-4,8,11-12,15H,1-2,5-7,9H2,(H,22,23)/t11-,12+,15?/m0/s1. The number of halogens is 2. The Kier molecular flexibility index (Phi) is 5.06. The third-order valence-electron chi connectivity index (χ3n) is 4.82. The van der Waals surface area contributed by atoms with E-state index in [4.69, 9.17) is 21.4 Å². The van der Waals surface area contributed by atoms with Gasteiger partial charge >= 0.3 is 5.97 Å². The molecular weight excluding hydrogens is 337 g/mol. The summed E-state index contributed by atoms with van der Waals surface area (Å²) in [7, 11) is 0. The fourth-order valence-electron chi connectivity index (χ4n) is 3.45. The Balaban J connectivity index is 1.66. The Hall–Kier alpha value is -1.66. The minimum Gasteiger partial charge on any atom is -0.481 e. The molecule has 130 valence electrons. The smallest absolute Gasteiger partial charge is 0.306 e. The summed E-state index contributed by atoms with van der Waals surface area (Å²) in [6.45, 7) is 1.24. The van der Waals surface area contributed by atoms with Gasteiger partial charge in [0.1, 0.15) is 11.9 Å². The molecule has 0 bridgehead atoms. The highest BCUT2D eigenvalue weighted by Gasteiger charge is 2.37. The summed E-state index contributed by atoms with van der Waals surface area (Å²) in [5.74, 6) is -1.99. The van der Waals surface area contributed by atoms with Crippen LogP contribution in [0.25, 0.3) is 0 Å². The number of amides is 1. The molecule has 1 N–H and O–H groups in total. The maximum Gasteiger partial charge on any atom is 0.306 e. The first kappa shape index (κ1) is 17.2. The average Bonchev–Trinajstić information content (AvgIpc) is 3.07. The van der Waals surface area contributed by atoms with Gasteiger partial charge in [-0.1, -0.05) is 17.7 Å². The van der Waals surface area contributed by atoms with Gasteiger partial charge in [-0.25, -0.2) is 4.39 Å². The normalized spacial score (nSPS) is 27.2. The van der Waals surface area contributed by atoms with Gasteiger partial charge in [0.25, 0.3) is 0 Å². The number of carboxylic acids is 1. The summed E-state index contributed by atoms with van der Waals surface area (Å²) in [5, 5.41) is 9.10. The maximum atomic E-state index is 13.3. The van der Waals surface area contributed by atoms with Gasteiger partial charge in [-0.3, -0.25) is 9.59 Å². The molecule has 1 aliphatic carbocycles. The molecule has 1 saturated carbocycles. The molecule has 2 aliphatic rings. The summed E-state index contributed by atoms with van der Waals surface area (Å²) < 4.78 is 19.0. The predicted molar refractivity (Wildman–Crippen MR) is 85.1 cm³/mol. The Morgan fingerprint density at radius 3 is 2.71 bits per heavy atom. The molecule has 1 aliphatic heterocycles. The van der Waals surface area contributed by atoms with Gasteiger partial charge in [-0.15, -0.1) is 0 Å². The number of hydrogen-bond acceptors (Lipinski definition) is 3. The molecule has 24 heavy (non-hydrogen) atoms. The zero-order chi connectivity index (χ0) is 17.3. The minimum absolute atomic E-state index is 0.0136. The second kappa shape index (κ2) is 7.07. The van der Waals surface area contributed by atoms with E-state index in [9.17, 15) is 14.0 Å². The fourth-order valence-corrected chi connectivity index (χ4v) is 3.64. The monoisotopic (exact) mass is 355 g/mol. The highest BCUT2D eigenvalue weighted by molar-refractivity contribution is 6.30. The van der Waals surface area contributed by atoms with Crippen LogP contribution >= 0.6 is 11.6 Å². The second-order valence-corrected chi connectivity index (χ2v) is 6.77. The van der Waals surface area contributed by atoms with Crippen LogP contribution in [0.15, 0.2) is 18.2 Å². The van der Waals surface area contributed by atoms with E-state index in [1.807, 2.05) is 0 Å². The molecule has 1 aromatic rings. The minimum atomic E-state index is -0.828. The fraction of sp³-hybridized carbons (Fsp3) is 0.529. The molecule has 3 rings (SSSR count). The highest BCUT2D eigenvalue weighted by atomic mass is 35.5. The molecule has 0 radical (unpaired) electrons. The van der Waals surface area contributed by atoms with Crippen LogP contribution in [0.2, 0.25) is 5.02 Å². The molecular formula is C17H19ClFNO4. The van der Waals surface area contributed by atoms with Gasteiger partial charge in [0, 0.05) is 12.5 Å². The number of morpholine rings is 1. The lowest BCUT2D eigenvalue weighted by Crippen LogP contribution is -2.44. The number of aliphatic carboxylic acids is 1. The van der Waals surface area contributed by atoms with Gasteiger partial charge in [-0.2, -0.15) is 0 Å². The zero-order valence-electron chi connectivity index (χ0n) is 13.1. The Labute approximate surface area is 144 Å². The van der Waals surface area contributed by atoms with Crippen LogP contribution in [-0.4, -0.2) is 41.6 Å². The van der Waals surface area contributed by atoms with Crippen molar-refractivity contribution in [2.75, 3.05) is 19.7 Å².